The summed E-state index contributed by atoms with van der Waals surface area (Å²) in [7, 11) is 0. The minimum atomic E-state index is -0.622. The smallest absolute Gasteiger partial charge is 0.306 e. The van der Waals surface area contributed by atoms with E-state index >= 15 is 0 Å². The van der Waals surface area contributed by atoms with Gasteiger partial charge >= 0.3 is 17.9 Å². The molecule has 0 aliphatic rings. The molecule has 0 spiro atoms. The molecular weight excluding hydrogens is 836 g/mol. The molecule has 0 aromatic heterocycles. The second kappa shape index (κ2) is 52.5. The second-order valence-corrected chi connectivity index (χ2v) is 27.4. The Morgan fingerprint density at radius 2 is 0.475 bits per heavy atom. The Labute approximate surface area is 392 Å². The molecule has 0 saturated heterocycles. The highest BCUT2D eigenvalue weighted by atomic mass is 33.4. The highest BCUT2D eigenvalue weighted by Gasteiger charge is 2.16. The SMILES string of the molecule is CCCCCCCCCCCCCCOC(=O)CCSP(SCCC(=O)OCCCCCCCCCCCCCC)SCCC(=O)OCCCCCCCCCCCCCC. The molecule has 0 amide bonds. The predicted molar refractivity (Wildman–Crippen MR) is 274 cm³/mol. The van der Waals surface area contributed by atoms with Crippen molar-refractivity contribution in [2.75, 3.05) is 37.1 Å². The summed E-state index contributed by atoms with van der Waals surface area (Å²) in [6.45, 7) is 8.36. The number of unbranched alkanes of at least 4 members (excludes halogenated alkanes) is 33. The summed E-state index contributed by atoms with van der Waals surface area (Å²) in [4.78, 5) is 37.5. The molecule has 0 fully saturated rings. The van der Waals surface area contributed by atoms with Crippen LogP contribution in [0.5, 0.6) is 0 Å². The third kappa shape index (κ3) is 50.7. The molecule has 0 aromatic rings. The topological polar surface area (TPSA) is 78.9 Å². The first-order chi connectivity index (χ1) is 30.0. The lowest BCUT2D eigenvalue weighted by atomic mass is 10.1. The Morgan fingerprint density at radius 3 is 0.672 bits per heavy atom. The van der Waals surface area contributed by atoms with Gasteiger partial charge in [-0.1, -0.05) is 233 Å². The van der Waals surface area contributed by atoms with E-state index in [0.717, 1.165) is 38.5 Å². The number of hydrogen-bond donors (Lipinski definition) is 0. The summed E-state index contributed by atoms with van der Waals surface area (Å²) in [5.74, 6) is 1.70. The molecule has 0 aromatic carbocycles. The van der Waals surface area contributed by atoms with Crippen LogP contribution in [-0.2, 0) is 28.6 Å². The molecule has 362 valence electrons. The fourth-order valence-corrected chi connectivity index (χ4v) is 17.6. The number of esters is 3. The molecule has 0 aliphatic heterocycles. The monoisotopic (exact) mass is 935 g/mol. The van der Waals surface area contributed by atoms with Crippen LogP contribution in [0, 0.1) is 0 Å². The largest absolute Gasteiger partial charge is 0.466 e. The van der Waals surface area contributed by atoms with Crippen LogP contribution in [0.3, 0.4) is 0 Å². The molecule has 61 heavy (non-hydrogen) atoms. The molecule has 0 bridgehead atoms. The summed E-state index contributed by atoms with van der Waals surface area (Å²) in [5, 5.41) is 0. The van der Waals surface area contributed by atoms with Crippen molar-refractivity contribution in [1.29, 1.82) is 0 Å². The standard InChI is InChI=1S/C51H99O6PS3/c1-4-7-10-13-16-19-22-25-28-31-34-37-43-55-49(52)40-46-59-58(60-47-41-50(53)56-44-38-35-32-29-26-23-20-17-14-11-8-5-2)61-48-42-51(54)57-45-39-36-33-30-27-24-21-18-15-12-9-6-3/h4-48H2,1-3H3. The van der Waals surface area contributed by atoms with Gasteiger partial charge in [-0.3, -0.25) is 14.4 Å². The summed E-state index contributed by atoms with van der Waals surface area (Å²) in [6.07, 6.45) is 47.6. The molecule has 0 unspecified atom stereocenters. The first-order valence-electron chi connectivity index (χ1n) is 26.2. The van der Waals surface area contributed by atoms with Crippen LogP contribution in [0.15, 0.2) is 0 Å². The Bertz CT molecular complexity index is 815. The van der Waals surface area contributed by atoms with Gasteiger partial charge in [0.1, 0.15) is 0 Å². The van der Waals surface area contributed by atoms with Gasteiger partial charge in [0.2, 0.25) is 0 Å². The maximum Gasteiger partial charge on any atom is 0.306 e. The molecular formula is C51H99O6PS3. The van der Waals surface area contributed by atoms with Crippen molar-refractivity contribution in [1.82, 2.24) is 0 Å². The van der Waals surface area contributed by atoms with Gasteiger partial charge in [-0.25, -0.2) is 0 Å². The minimum absolute atomic E-state index is 0.122. The maximum absolute atomic E-state index is 12.5. The van der Waals surface area contributed by atoms with Gasteiger partial charge in [-0.2, -0.15) is 0 Å². The van der Waals surface area contributed by atoms with E-state index in [9.17, 15) is 14.4 Å². The normalized spacial score (nSPS) is 11.4. The van der Waals surface area contributed by atoms with Crippen molar-refractivity contribution in [2.24, 2.45) is 0 Å². The van der Waals surface area contributed by atoms with E-state index in [1.54, 1.807) is 34.1 Å². The van der Waals surface area contributed by atoms with Crippen LogP contribution in [0.4, 0.5) is 0 Å². The molecule has 0 radical (unpaired) electrons. The third-order valence-corrected chi connectivity index (χ3v) is 22.3. The average Bonchev–Trinajstić information content (AvgIpc) is 3.25. The molecule has 0 aliphatic carbocycles. The van der Waals surface area contributed by atoms with Gasteiger partial charge in [-0.15, -0.1) is 34.1 Å². The highest BCUT2D eigenvalue weighted by molar-refractivity contribution is 9.12. The lowest BCUT2D eigenvalue weighted by molar-refractivity contribution is -0.144. The zero-order valence-electron chi connectivity index (χ0n) is 40.4. The molecule has 6 nitrogen and oxygen atoms in total. The van der Waals surface area contributed by atoms with Crippen LogP contribution in [0.1, 0.15) is 271 Å². The van der Waals surface area contributed by atoms with Gasteiger partial charge in [0, 0.05) is 17.3 Å². The molecule has 0 atom stereocenters. The fourth-order valence-electron chi connectivity index (χ4n) is 7.33. The van der Waals surface area contributed by atoms with Gasteiger partial charge in [0.15, 0.2) is 0 Å². The molecule has 0 N–H and O–H groups in total. The Morgan fingerprint density at radius 1 is 0.295 bits per heavy atom. The van der Waals surface area contributed by atoms with Crippen LogP contribution < -0.4 is 0 Å². The van der Waals surface area contributed by atoms with E-state index in [1.807, 2.05) is 0 Å². The number of hydrogen-bond acceptors (Lipinski definition) is 9. The van der Waals surface area contributed by atoms with E-state index in [-0.39, 0.29) is 17.9 Å². The number of carbonyl (C=O) groups excluding carboxylic acids is 3. The molecule has 0 saturated carbocycles. The van der Waals surface area contributed by atoms with Gasteiger partial charge in [0.25, 0.3) is 0 Å². The minimum Gasteiger partial charge on any atom is -0.466 e. The summed E-state index contributed by atoms with van der Waals surface area (Å²) in [6, 6.07) is 0. The van der Waals surface area contributed by atoms with E-state index in [4.69, 9.17) is 14.2 Å². The van der Waals surface area contributed by atoms with Crippen molar-refractivity contribution < 1.29 is 28.6 Å². The quantitative estimate of drug-likeness (QED) is 0.0256. The summed E-state index contributed by atoms with van der Waals surface area (Å²) < 4.78 is 16.7. The molecule has 0 rings (SSSR count). The molecule has 0 heterocycles. The van der Waals surface area contributed by atoms with Gasteiger partial charge in [-0.05, 0) is 19.3 Å². The van der Waals surface area contributed by atoms with Crippen LogP contribution in [0.25, 0.3) is 0 Å². The van der Waals surface area contributed by atoms with Crippen molar-refractivity contribution in [3.05, 3.63) is 0 Å². The highest BCUT2D eigenvalue weighted by Crippen LogP contribution is 2.70. The van der Waals surface area contributed by atoms with E-state index in [2.05, 4.69) is 20.8 Å². The predicted octanol–water partition coefficient (Wildman–Crippen LogP) is 18.3. The van der Waals surface area contributed by atoms with Crippen molar-refractivity contribution >= 4 is 57.6 Å². The Hall–Kier alpha value is -0.110. The number of rotatable bonds is 51. The van der Waals surface area contributed by atoms with Crippen molar-refractivity contribution in [2.45, 2.75) is 271 Å². The third-order valence-electron chi connectivity index (χ3n) is 11.3. The molecule has 10 heteroatoms. The Kier molecular flexibility index (Phi) is 52.4. The van der Waals surface area contributed by atoms with Crippen LogP contribution >= 0.6 is 39.7 Å². The lowest BCUT2D eigenvalue weighted by Crippen LogP contribution is -2.07. The van der Waals surface area contributed by atoms with Crippen LogP contribution in [-0.4, -0.2) is 55.0 Å². The first kappa shape index (κ1) is 60.9. The lowest BCUT2D eigenvalue weighted by Gasteiger charge is -2.15. The second-order valence-electron chi connectivity index (χ2n) is 17.3. The zero-order valence-corrected chi connectivity index (χ0v) is 43.8. The first-order valence-corrected chi connectivity index (χ1v) is 32.3. The Balaban J connectivity index is 4.28. The number of ether oxygens (including phenoxy) is 3. The van der Waals surface area contributed by atoms with E-state index in [1.165, 1.54) is 193 Å². The van der Waals surface area contributed by atoms with Crippen molar-refractivity contribution in [3.8, 4) is 0 Å². The zero-order chi connectivity index (χ0) is 44.4. The summed E-state index contributed by atoms with van der Waals surface area (Å²) >= 11 is 5.33. The number of carbonyl (C=O) groups is 3. The van der Waals surface area contributed by atoms with E-state index in [0.29, 0.717) is 56.3 Å². The van der Waals surface area contributed by atoms with Gasteiger partial charge in [0.05, 0.1) is 44.6 Å². The summed E-state index contributed by atoms with van der Waals surface area (Å²) in [5.41, 5.74) is -0.622. The average molecular weight is 936 g/mol. The van der Waals surface area contributed by atoms with Crippen LogP contribution in [0.2, 0.25) is 0 Å². The maximum atomic E-state index is 12.5. The fraction of sp³-hybridized carbons (Fsp3) is 0.941. The van der Waals surface area contributed by atoms with Crippen molar-refractivity contribution in [3.63, 3.8) is 0 Å². The van der Waals surface area contributed by atoms with Gasteiger partial charge < -0.3 is 14.2 Å². The van der Waals surface area contributed by atoms with E-state index < -0.39 is 5.53 Å².